The third kappa shape index (κ3) is 4.46. The van der Waals surface area contributed by atoms with Crippen LogP contribution >= 0.6 is 0 Å². The molecule has 2 aromatic heterocycles. The van der Waals surface area contributed by atoms with Gasteiger partial charge >= 0.3 is 6.18 Å². The number of aromatic hydroxyl groups is 1. The van der Waals surface area contributed by atoms with Crippen molar-refractivity contribution in [3.05, 3.63) is 42.2 Å². The first kappa shape index (κ1) is 22.2. The van der Waals surface area contributed by atoms with Crippen molar-refractivity contribution in [1.29, 1.82) is 0 Å². The number of fused-ring (bicyclic) bond motifs is 1. The van der Waals surface area contributed by atoms with Crippen molar-refractivity contribution in [3.8, 4) is 17.0 Å². The first-order chi connectivity index (χ1) is 15.3. The molecule has 1 aromatic carbocycles. The SMILES string of the molecule is CC(CO)N1CCC[C@@H](Nc2nnc(-c3ccc(C(F)(F)F)cc3O)c3cnccc23)C1. The average molecular weight is 447 g/mol. The summed E-state index contributed by atoms with van der Waals surface area (Å²) in [5.41, 5.74) is -0.536. The second-order valence-corrected chi connectivity index (χ2v) is 8.06. The van der Waals surface area contributed by atoms with Crippen LogP contribution in [0.5, 0.6) is 5.75 Å². The van der Waals surface area contributed by atoms with E-state index >= 15 is 0 Å². The molecule has 3 aromatic rings. The number of nitrogens with zero attached hydrogens (tertiary/aromatic N) is 4. The number of benzene rings is 1. The van der Waals surface area contributed by atoms with Gasteiger partial charge in [-0.2, -0.15) is 13.2 Å². The van der Waals surface area contributed by atoms with E-state index in [2.05, 4.69) is 25.4 Å². The van der Waals surface area contributed by atoms with Crippen molar-refractivity contribution >= 4 is 16.6 Å². The molecular formula is C22H24F3N5O2. The van der Waals surface area contributed by atoms with Gasteiger partial charge in [0.1, 0.15) is 11.4 Å². The van der Waals surface area contributed by atoms with Gasteiger partial charge in [-0.1, -0.05) is 0 Å². The number of anilines is 1. The smallest absolute Gasteiger partial charge is 0.416 e. The zero-order valence-electron chi connectivity index (χ0n) is 17.5. The van der Waals surface area contributed by atoms with Crippen molar-refractivity contribution < 1.29 is 23.4 Å². The summed E-state index contributed by atoms with van der Waals surface area (Å²) in [5.74, 6) is 0.0157. The van der Waals surface area contributed by atoms with Crippen LogP contribution in [0.2, 0.25) is 0 Å². The molecule has 0 spiro atoms. The van der Waals surface area contributed by atoms with Crippen molar-refractivity contribution in [2.75, 3.05) is 25.0 Å². The number of alkyl halides is 3. The molecule has 0 saturated carbocycles. The van der Waals surface area contributed by atoms with Crippen LogP contribution in [-0.4, -0.2) is 62.1 Å². The first-order valence-electron chi connectivity index (χ1n) is 10.4. The zero-order chi connectivity index (χ0) is 22.9. The normalized spacial score (nSPS) is 18.6. The Kier molecular flexibility index (Phi) is 6.16. The maximum atomic E-state index is 13.0. The second kappa shape index (κ2) is 8.87. The quantitative estimate of drug-likeness (QED) is 0.549. The Morgan fingerprint density at radius 2 is 2.03 bits per heavy atom. The number of phenolic OH excluding ortho intramolecular Hbond substituents is 1. The summed E-state index contributed by atoms with van der Waals surface area (Å²) < 4.78 is 38.9. The van der Waals surface area contributed by atoms with Crippen LogP contribution in [0.15, 0.2) is 36.7 Å². The van der Waals surface area contributed by atoms with E-state index in [1.807, 2.05) is 6.92 Å². The van der Waals surface area contributed by atoms with Gasteiger partial charge in [-0.3, -0.25) is 9.88 Å². The van der Waals surface area contributed by atoms with Crippen LogP contribution < -0.4 is 5.32 Å². The molecule has 0 radical (unpaired) electrons. The van der Waals surface area contributed by atoms with Gasteiger partial charge in [-0.05, 0) is 50.6 Å². The number of aromatic nitrogens is 3. The van der Waals surface area contributed by atoms with Gasteiger partial charge in [0.25, 0.3) is 0 Å². The molecule has 170 valence electrons. The van der Waals surface area contributed by atoms with E-state index in [-0.39, 0.29) is 29.9 Å². The summed E-state index contributed by atoms with van der Waals surface area (Å²) in [5, 5.41) is 32.9. The molecule has 1 aliphatic heterocycles. The van der Waals surface area contributed by atoms with E-state index in [1.54, 1.807) is 18.5 Å². The van der Waals surface area contributed by atoms with E-state index < -0.39 is 17.5 Å². The van der Waals surface area contributed by atoms with Crippen molar-refractivity contribution in [3.63, 3.8) is 0 Å². The van der Waals surface area contributed by atoms with E-state index in [4.69, 9.17) is 0 Å². The summed E-state index contributed by atoms with van der Waals surface area (Å²) in [6, 6.07) is 4.71. The Morgan fingerprint density at radius 1 is 1.22 bits per heavy atom. The lowest BCUT2D eigenvalue weighted by molar-refractivity contribution is -0.137. The molecule has 7 nitrogen and oxygen atoms in total. The number of phenols is 1. The third-order valence-corrected chi connectivity index (χ3v) is 5.84. The monoisotopic (exact) mass is 447 g/mol. The highest BCUT2D eigenvalue weighted by atomic mass is 19.4. The van der Waals surface area contributed by atoms with Crippen molar-refractivity contribution in [1.82, 2.24) is 20.1 Å². The lowest BCUT2D eigenvalue weighted by Gasteiger charge is -2.36. The minimum absolute atomic E-state index is 0.0663. The topological polar surface area (TPSA) is 94.4 Å². The number of likely N-dealkylation sites (tertiary alicyclic amines) is 1. The molecule has 3 N–H and O–H groups in total. The van der Waals surface area contributed by atoms with E-state index in [9.17, 15) is 23.4 Å². The predicted octanol–water partition coefficient (Wildman–Crippen LogP) is 3.67. The van der Waals surface area contributed by atoms with E-state index in [0.717, 1.165) is 32.0 Å². The van der Waals surface area contributed by atoms with Crippen LogP contribution in [0.25, 0.3) is 22.0 Å². The number of halogens is 3. The Bertz CT molecular complexity index is 1110. The first-order valence-corrected chi connectivity index (χ1v) is 10.4. The summed E-state index contributed by atoms with van der Waals surface area (Å²) in [7, 11) is 0. The van der Waals surface area contributed by atoms with Gasteiger partial charge < -0.3 is 15.5 Å². The number of rotatable bonds is 5. The number of hydrogen-bond acceptors (Lipinski definition) is 7. The Morgan fingerprint density at radius 3 is 2.75 bits per heavy atom. The van der Waals surface area contributed by atoms with Crippen LogP contribution in [0.4, 0.5) is 19.0 Å². The summed E-state index contributed by atoms with van der Waals surface area (Å²) in [6.07, 6.45) is 0.520. The lowest BCUT2D eigenvalue weighted by Crippen LogP contribution is -2.47. The molecule has 1 fully saturated rings. The summed E-state index contributed by atoms with van der Waals surface area (Å²) >= 11 is 0. The fourth-order valence-electron chi connectivity index (χ4n) is 4.04. The third-order valence-electron chi connectivity index (χ3n) is 5.84. The summed E-state index contributed by atoms with van der Waals surface area (Å²) in [6.45, 7) is 3.74. The molecule has 0 aliphatic carbocycles. The average Bonchev–Trinajstić information content (AvgIpc) is 2.78. The Hall–Kier alpha value is -2.98. The van der Waals surface area contributed by atoms with Gasteiger partial charge in [-0.15, -0.1) is 10.2 Å². The van der Waals surface area contributed by atoms with Gasteiger partial charge in [0.15, 0.2) is 5.82 Å². The molecule has 10 heteroatoms. The fraction of sp³-hybridized carbons (Fsp3) is 0.409. The van der Waals surface area contributed by atoms with E-state index in [0.29, 0.717) is 22.7 Å². The maximum absolute atomic E-state index is 13.0. The van der Waals surface area contributed by atoms with Crippen LogP contribution in [0.1, 0.15) is 25.3 Å². The maximum Gasteiger partial charge on any atom is 0.416 e. The highest BCUT2D eigenvalue weighted by molar-refractivity contribution is 6.00. The molecule has 1 aliphatic rings. The van der Waals surface area contributed by atoms with Gasteiger partial charge in [0.05, 0.1) is 12.2 Å². The number of hydrogen-bond donors (Lipinski definition) is 3. The molecule has 1 unspecified atom stereocenters. The van der Waals surface area contributed by atoms with Gasteiger partial charge in [0.2, 0.25) is 0 Å². The molecule has 3 heterocycles. The minimum atomic E-state index is -4.56. The minimum Gasteiger partial charge on any atom is -0.507 e. The molecular weight excluding hydrogens is 423 g/mol. The standard InChI is InChI=1S/C22H24F3N5O2/c1-13(12-31)30-8-2-3-15(11-30)27-21-16-6-7-26-10-18(16)20(28-29-21)17-5-4-14(9-19(17)32)22(23,24)25/h4-7,9-10,13,15,31-32H,2-3,8,11-12H2,1H3,(H,27,29)/t13?,15-/m1/s1. The van der Waals surface area contributed by atoms with Crippen LogP contribution in [-0.2, 0) is 6.18 Å². The summed E-state index contributed by atoms with van der Waals surface area (Å²) in [4.78, 5) is 6.34. The lowest BCUT2D eigenvalue weighted by atomic mass is 10.0. The van der Waals surface area contributed by atoms with Gasteiger partial charge in [0, 0.05) is 47.4 Å². The van der Waals surface area contributed by atoms with Crippen molar-refractivity contribution in [2.45, 2.75) is 38.0 Å². The molecule has 32 heavy (non-hydrogen) atoms. The van der Waals surface area contributed by atoms with Crippen molar-refractivity contribution in [2.24, 2.45) is 0 Å². The molecule has 1 saturated heterocycles. The number of piperidine rings is 1. The fourth-order valence-corrected chi connectivity index (χ4v) is 4.04. The largest absolute Gasteiger partial charge is 0.507 e. The Balaban J connectivity index is 1.67. The highest BCUT2D eigenvalue weighted by Gasteiger charge is 2.31. The predicted molar refractivity (Wildman–Crippen MR) is 114 cm³/mol. The second-order valence-electron chi connectivity index (χ2n) is 8.06. The van der Waals surface area contributed by atoms with Gasteiger partial charge in [-0.25, -0.2) is 0 Å². The van der Waals surface area contributed by atoms with E-state index in [1.165, 1.54) is 6.07 Å². The number of aliphatic hydroxyl groups excluding tert-OH is 1. The number of aliphatic hydroxyl groups is 1. The number of nitrogens with one attached hydrogen (secondary N) is 1. The highest BCUT2D eigenvalue weighted by Crippen LogP contribution is 2.38. The number of pyridine rings is 1. The zero-order valence-corrected chi connectivity index (χ0v) is 17.5. The van der Waals surface area contributed by atoms with Crippen LogP contribution in [0, 0.1) is 0 Å². The molecule has 4 rings (SSSR count). The molecule has 2 atom stereocenters. The Labute approximate surface area is 182 Å². The van der Waals surface area contributed by atoms with Crippen LogP contribution in [0.3, 0.4) is 0 Å². The molecule has 0 bridgehead atoms. The molecule has 0 amide bonds.